The molecule has 0 aliphatic carbocycles. The van der Waals surface area contributed by atoms with Gasteiger partial charge in [-0.15, -0.1) is 10.2 Å². The third-order valence-electron chi connectivity index (χ3n) is 2.66. The summed E-state index contributed by atoms with van der Waals surface area (Å²) in [6.07, 6.45) is 0. The summed E-state index contributed by atoms with van der Waals surface area (Å²) in [5.74, 6) is 0.125. The number of benzene rings is 1. The third-order valence-corrected chi connectivity index (χ3v) is 2.66. The number of carboxylic acid groups (broad SMARTS) is 1. The molecule has 0 saturated heterocycles. The first-order chi connectivity index (χ1) is 9.06. The highest BCUT2D eigenvalue weighted by Crippen LogP contribution is 2.12. The first kappa shape index (κ1) is 13.2. The number of aromatic nitrogens is 2. The van der Waals surface area contributed by atoms with Crippen LogP contribution >= 0.6 is 0 Å². The molecule has 1 aromatic carbocycles. The van der Waals surface area contributed by atoms with Crippen molar-refractivity contribution in [2.75, 3.05) is 7.05 Å². The lowest BCUT2D eigenvalue weighted by molar-refractivity contribution is 0.0694. The van der Waals surface area contributed by atoms with E-state index in [0.717, 1.165) is 5.56 Å². The fourth-order valence-electron chi connectivity index (χ4n) is 1.85. The summed E-state index contributed by atoms with van der Waals surface area (Å²) in [5, 5.41) is 16.8. The van der Waals surface area contributed by atoms with Gasteiger partial charge >= 0.3 is 5.97 Å². The highest BCUT2D eigenvalue weighted by Gasteiger charge is 2.12. The second kappa shape index (κ2) is 5.62. The molecule has 0 aliphatic heterocycles. The zero-order valence-corrected chi connectivity index (χ0v) is 10.8. The SMILES string of the molecule is Cc1nnc(CN(C)Cc2ccccc2C(=O)O)o1. The van der Waals surface area contributed by atoms with Gasteiger partial charge in [-0.3, -0.25) is 4.90 Å². The summed E-state index contributed by atoms with van der Waals surface area (Å²) in [4.78, 5) is 13.0. The quantitative estimate of drug-likeness (QED) is 0.882. The molecule has 2 rings (SSSR count). The highest BCUT2D eigenvalue weighted by atomic mass is 16.4. The van der Waals surface area contributed by atoms with Gasteiger partial charge in [0.15, 0.2) is 0 Å². The molecule has 0 atom stereocenters. The van der Waals surface area contributed by atoms with E-state index in [1.807, 2.05) is 18.0 Å². The van der Waals surface area contributed by atoms with E-state index in [2.05, 4.69) is 10.2 Å². The van der Waals surface area contributed by atoms with Crippen molar-refractivity contribution in [3.05, 3.63) is 47.2 Å². The fraction of sp³-hybridized carbons (Fsp3) is 0.308. The monoisotopic (exact) mass is 261 g/mol. The largest absolute Gasteiger partial charge is 0.478 e. The van der Waals surface area contributed by atoms with E-state index in [1.165, 1.54) is 0 Å². The number of nitrogens with zero attached hydrogens (tertiary/aromatic N) is 3. The van der Waals surface area contributed by atoms with Crippen LogP contribution in [-0.2, 0) is 13.1 Å². The van der Waals surface area contributed by atoms with Crippen LogP contribution in [0.1, 0.15) is 27.7 Å². The van der Waals surface area contributed by atoms with Crippen molar-refractivity contribution in [1.29, 1.82) is 0 Å². The Balaban J connectivity index is 2.06. The predicted molar refractivity (Wildman–Crippen MR) is 67.6 cm³/mol. The minimum Gasteiger partial charge on any atom is -0.478 e. The minimum absolute atomic E-state index is 0.316. The van der Waals surface area contributed by atoms with Crippen molar-refractivity contribution in [2.45, 2.75) is 20.0 Å². The number of hydrogen-bond donors (Lipinski definition) is 1. The Bertz CT molecular complexity index is 580. The molecule has 2 aromatic rings. The summed E-state index contributed by atoms with van der Waals surface area (Å²) < 4.78 is 5.29. The lowest BCUT2D eigenvalue weighted by Gasteiger charge is -2.15. The van der Waals surface area contributed by atoms with Gasteiger partial charge in [-0.25, -0.2) is 4.79 Å². The minimum atomic E-state index is -0.919. The molecule has 0 amide bonds. The molecule has 0 fully saturated rings. The second-order valence-corrected chi connectivity index (χ2v) is 4.35. The van der Waals surface area contributed by atoms with Crippen LogP contribution in [0.3, 0.4) is 0 Å². The summed E-state index contributed by atoms with van der Waals surface area (Å²) in [6.45, 7) is 2.72. The molecule has 1 N–H and O–H groups in total. The van der Waals surface area contributed by atoms with Gasteiger partial charge in [-0.1, -0.05) is 18.2 Å². The number of aromatic carboxylic acids is 1. The first-order valence-electron chi connectivity index (χ1n) is 5.85. The summed E-state index contributed by atoms with van der Waals surface area (Å²) in [7, 11) is 1.87. The maximum atomic E-state index is 11.1. The number of carboxylic acids is 1. The fourth-order valence-corrected chi connectivity index (χ4v) is 1.85. The van der Waals surface area contributed by atoms with Gasteiger partial charge in [0, 0.05) is 13.5 Å². The normalized spacial score (nSPS) is 10.9. The highest BCUT2D eigenvalue weighted by molar-refractivity contribution is 5.89. The van der Waals surface area contributed by atoms with Crippen LogP contribution < -0.4 is 0 Å². The van der Waals surface area contributed by atoms with E-state index in [0.29, 0.717) is 30.4 Å². The number of carbonyl (C=O) groups is 1. The van der Waals surface area contributed by atoms with E-state index in [1.54, 1.807) is 25.1 Å². The van der Waals surface area contributed by atoms with Gasteiger partial charge in [-0.2, -0.15) is 0 Å². The zero-order valence-electron chi connectivity index (χ0n) is 10.8. The summed E-state index contributed by atoms with van der Waals surface area (Å²) in [5.41, 5.74) is 1.07. The molecule has 0 unspecified atom stereocenters. The smallest absolute Gasteiger partial charge is 0.336 e. The molecule has 0 spiro atoms. The number of aryl methyl sites for hydroxylation is 1. The molecule has 100 valence electrons. The Morgan fingerprint density at radius 1 is 1.32 bits per heavy atom. The molecule has 1 heterocycles. The van der Waals surface area contributed by atoms with Gasteiger partial charge in [0.25, 0.3) is 0 Å². The van der Waals surface area contributed by atoms with E-state index in [-0.39, 0.29) is 0 Å². The topological polar surface area (TPSA) is 79.5 Å². The Hall–Kier alpha value is -2.21. The Kier molecular flexibility index (Phi) is 3.91. The van der Waals surface area contributed by atoms with Crippen molar-refractivity contribution in [3.63, 3.8) is 0 Å². The van der Waals surface area contributed by atoms with Gasteiger partial charge < -0.3 is 9.52 Å². The molecule has 0 radical (unpaired) electrons. The van der Waals surface area contributed by atoms with E-state index in [4.69, 9.17) is 9.52 Å². The average molecular weight is 261 g/mol. The first-order valence-corrected chi connectivity index (χ1v) is 5.85. The van der Waals surface area contributed by atoms with Crippen molar-refractivity contribution in [3.8, 4) is 0 Å². The predicted octanol–water partition coefficient (Wildman–Crippen LogP) is 1.71. The number of rotatable bonds is 5. The molecule has 1 aromatic heterocycles. The summed E-state index contributed by atoms with van der Waals surface area (Å²) in [6, 6.07) is 6.95. The molecular formula is C13H15N3O3. The molecule has 6 heteroatoms. The van der Waals surface area contributed by atoms with Gasteiger partial charge in [-0.05, 0) is 18.7 Å². The maximum Gasteiger partial charge on any atom is 0.336 e. The van der Waals surface area contributed by atoms with Crippen molar-refractivity contribution >= 4 is 5.97 Å². The van der Waals surface area contributed by atoms with Crippen LogP contribution in [0.2, 0.25) is 0 Å². The molecule has 0 bridgehead atoms. The lowest BCUT2D eigenvalue weighted by Crippen LogP contribution is -2.19. The van der Waals surface area contributed by atoms with Crippen LogP contribution in [-0.4, -0.2) is 33.2 Å². The molecule has 0 saturated carbocycles. The van der Waals surface area contributed by atoms with Crippen LogP contribution in [0.15, 0.2) is 28.7 Å². The third kappa shape index (κ3) is 3.38. The van der Waals surface area contributed by atoms with E-state index in [9.17, 15) is 4.79 Å². The van der Waals surface area contributed by atoms with Crippen molar-refractivity contribution in [2.24, 2.45) is 0 Å². The van der Waals surface area contributed by atoms with Crippen LogP contribution in [0.4, 0.5) is 0 Å². The average Bonchev–Trinajstić information content (AvgIpc) is 2.75. The zero-order chi connectivity index (χ0) is 13.8. The number of hydrogen-bond acceptors (Lipinski definition) is 5. The Morgan fingerprint density at radius 3 is 2.68 bits per heavy atom. The lowest BCUT2D eigenvalue weighted by atomic mass is 10.1. The standard InChI is InChI=1S/C13H15N3O3/c1-9-14-15-12(19-9)8-16(2)7-10-5-3-4-6-11(10)13(17)18/h3-6H,7-8H2,1-2H3,(H,17,18). The van der Waals surface area contributed by atoms with Crippen LogP contribution in [0, 0.1) is 6.92 Å². The van der Waals surface area contributed by atoms with Crippen LogP contribution in [0.25, 0.3) is 0 Å². The Labute approximate surface area is 110 Å². The van der Waals surface area contributed by atoms with E-state index >= 15 is 0 Å². The molecule has 0 aliphatic rings. The van der Waals surface area contributed by atoms with Crippen molar-refractivity contribution in [1.82, 2.24) is 15.1 Å². The Morgan fingerprint density at radius 2 is 2.05 bits per heavy atom. The molecule has 19 heavy (non-hydrogen) atoms. The van der Waals surface area contributed by atoms with Crippen LogP contribution in [0.5, 0.6) is 0 Å². The molecular weight excluding hydrogens is 246 g/mol. The van der Waals surface area contributed by atoms with Crippen molar-refractivity contribution < 1.29 is 14.3 Å². The second-order valence-electron chi connectivity index (χ2n) is 4.35. The molecule has 6 nitrogen and oxygen atoms in total. The van der Waals surface area contributed by atoms with E-state index < -0.39 is 5.97 Å². The maximum absolute atomic E-state index is 11.1. The van der Waals surface area contributed by atoms with Gasteiger partial charge in [0.05, 0.1) is 12.1 Å². The van der Waals surface area contributed by atoms with Gasteiger partial charge in [0.1, 0.15) is 0 Å². The van der Waals surface area contributed by atoms with Gasteiger partial charge in [0.2, 0.25) is 11.8 Å². The summed E-state index contributed by atoms with van der Waals surface area (Å²) >= 11 is 0.